The maximum Gasteiger partial charge on any atom is 0.259 e. The number of imidazole rings is 1. The van der Waals surface area contributed by atoms with E-state index in [-0.39, 0.29) is 17.3 Å². The third-order valence-corrected chi connectivity index (χ3v) is 4.64. The Morgan fingerprint density at radius 2 is 2.00 bits per heavy atom. The largest absolute Gasteiger partial charge is 0.335 e. The van der Waals surface area contributed by atoms with Crippen molar-refractivity contribution in [2.24, 2.45) is 0 Å². The van der Waals surface area contributed by atoms with Gasteiger partial charge in [0.05, 0.1) is 18.3 Å². The molecule has 0 unspecified atom stereocenters. The van der Waals surface area contributed by atoms with Gasteiger partial charge in [0, 0.05) is 19.8 Å². The Bertz CT molecular complexity index is 532. The predicted octanol–water partition coefficient (Wildman–Crippen LogP) is -0.925. The predicted molar refractivity (Wildman–Crippen MR) is 58.1 cm³/mol. The number of hydrogen-bond acceptors (Lipinski definition) is 5. The second kappa shape index (κ2) is 4.52. The number of nitrogens with zero attached hydrogens (tertiary/aromatic N) is 2. The molecule has 7 nitrogen and oxygen atoms in total. The zero-order chi connectivity index (χ0) is 12.4. The molecule has 0 atom stereocenters. The highest BCUT2D eigenvalue weighted by molar-refractivity contribution is 7.91. The summed E-state index contributed by atoms with van der Waals surface area (Å²) < 4.78 is 46.3. The molecule has 92 valence electrons. The van der Waals surface area contributed by atoms with Crippen LogP contribution < -0.4 is 0 Å². The monoisotopic (exact) mass is 267 g/mol. The average Bonchev–Trinajstić information content (AvgIpc) is 2.65. The fourth-order valence-corrected chi connectivity index (χ4v) is 2.75. The second-order valence-corrected chi connectivity index (χ2v) is 7.65. The summed E-state index contributed by atoms with van der Waals surface area (Å²) >= 11 is 0. The van der Waals surface area contributed by atoms with Gasteiger partial charge in [-0.2, -0.15) is 4.31 Å². The molecule has 0 saturated heterocycles. The van der Waals surface area contributed by atoms with Crippen LogP contribution in [0.4, 0.5) is 0 Å². The van der Waals surface area contributed by atoms with Gasteiger partial charge in [0.25, 0.3) is 10.0 Å². The first-order chi connectivity index (χ1) is 7.23. The van der Waals surface area contributed by atoms with Gasteiger partial charge in [-0.1, -0.05) is 0 Å². The van der Waals surface area contributed by atoms with Crippen LogP contribution in [-0.4, -0.2) is 56.7 Å². The van der Waals surface area contributed by atoms with Crippen LogP contribution in [0.15, 0.2) is 17.6 Å². The van der Waals surface area contributed by atoms with E-state index in [4.69, 9.17) is 0 Å². The zero-order valence-electron chi connectivity index (χ0n) is 8.91. The van der Waals surface area contributed by atoms with Crippen molar-refractivity contribution in [3.05, 3.63) is 12.5 Å². The van der Waals surface area contributed by atoms with Crippen molar-refractivity contribution in [2.75, 3.05) is 25.6 Å². The van der Waals surface area contributed by atoms with Crippen molar-refractivity contribution in [2.45, 2.75) is 5.03 Å². The SMILES string of the molecule is CN(CCS(C)(=O)=O)S(=O)(=O)c1cnc[nH]1. The van der Waals surface area contributed by atoms with Gasteiger partial charge in [0.1, 0.15) is 9.84 Å². The van der Waals surface area contributed by atoms with Crippen molar-refractivity contribution in [3.8, 4) is 0 Å². The minimum absolute atomic E-state index is 0.0523. The van der Waals surface area contributed by atoms with Crippen molar-refractivity contribution in [3.63, 3.8) is 0 Å². The minimum Gasteiger partial charge on any atom is -0.335 e. The van der Waals surface area contributed by atoms with E-state index in [2.05, 4.69) is 9.97 Å². The summed E-state index contributed by atoms with van der Waals surface area (Å²) in [6.45, 7) is -0.0831. The second-order valence-electron chi connectivity index (χ2n) is 3.37. The lowest BCUT2D eigenvalue weighted by Crippen LogP contribution is -2.31. The third-order valence-electron chi connectivity index (χ3n) is 1.94. The first kappa shape index (κ1) is 13.1. The molecule has 0 aliphatic carbocycles. The lowest BCUT2D eigenvalue weighted by atomic mass is 10.8. The molecule has 1 heterocycles. The van der Waals surface area contributed by atoms with Crippen LogP contribution >= 0.6 is 0 Å². The first-order valence-electron chi connectivity index (χ1n) is 4.36. The lowest BCUT2D eigenvalue weighted by molar-refractivity contribution is 0.482. The average molecular weight is 267 g/mol. The highest BCUT2D eigenvalue weighted by Crippen LogP contribution is 2.09. The molecule has 16 heavy (non-hydrogen) atoms. The van der Waals surface area contributed by atoms with Gasteiger partial charge in [-0.25, -0.2) is 21.8 Å². The number of rotatable bonds is 5. The molecule has 1 rings (SSSR count). The van der Waals surface area contributed by atoms with E-state index in [0.29, 0.717) is 0 Å². The fourth-order valence-electron chi connectivity index (χ4n) is 0.967. The summed E-state index contributed by atoms with van der Waals surface area (Å²) in [5.74, 6) is -0.211. The minimum atomic E-state index is -3.67. The standard InChI is InChI=1S/C7H13N3O4S2/c1-10(3-4-15(2,11)12)16(13,14)7-5-8-6-9-7/h5-6H,3-4H2,1-2H3,(H,8,9). The van der Waals surface area contributed by atoms with Gasteiger partial charge in [0.15, 0.2) is 5.03 Å². The topological polar surface area (TPSA) is 100 Å². The van der Waals surface area contributed by atoms with Crippen LogP contribution in [0.1, 0.15) is 0 Å². The van der Waals surface area contributed by atoms with Crippen LogP contribution in [0.3, 0.4) is 0 Å². The number of sulfone groups is 1. The van der Waals surface area contributed by atoms with Gasteiger partial charge in [-0.15, -0.1) is 0 Å². The Hall–Kier alpha value is -0.930. The highest BCUT2D eigenvalue weighted by atomic mass is 32.2. The fraction of sp³-hybridized carbons (Fsp3) is 0.571. The molecule has 1 aromatic heterocycles. The summed E-state index contributed by atoms with van der Waals surface area (Å²) in [6, 6.07) is 0. The molecule has 0 saturated carbocycles. The van der Waals surface area contributed by atoms with Crippen molar-refractivity contribution >= 4 is 19.9 Å². The van der Waals surface area contributed by atoms with Gasteiger partial charge < -0.3 is 4.98 Å². The molecule has 0 aliphatic heterocycles. The molecule has 0 amide bonds. The Morgan fingerprint density at radius 1 is 1.38 bits per heavy atom. The quantitative estimate of drug-likeness (QED) is 0.743. The Kier molecular flexibility index (Phi) is 3.71. The third kappa shape index (κ3) is 3.29. The molecule has 0 bridgehead atoms. The number of hydrogen-bond donors (Lipinski definition) is 1. The Morgan fingerprint density at radius 3 is 2.44 bits per heavy atom. The van der Waals surface area contributed by atoms with Crippen molar-refractivity contribution < 1.29 is 16.8 Å². The summed E-state index contributed by atoms with van der Waals surface area (Å²) in [5.41, 5.74) is 0. The van der Waals surface area contributed by atoms with Crippen LogP contribution in [-0.2, 0) is 19.9 Å². The van der Waals surface area contributed by atoms with Gasteiger partial charge in [-0.3, -0.25) is 0 Å². The summed E-state index contributed by atoms with van der Waals surface area (Å²) in [7, 11) is -5.53. The smallest absolute Gasteiger partial charge is 0.259 e. The van der Waals surface area contributed by atoms with E-state index >= 15 is 0 Å². The first-order valence-corrected chi connectivity index (χ1v) is 7.86. The van der Waals surface area contributed by atoms with Gasteiger partial charge >= 0.3 is 0 Å². The molecule has 1 aromatic rings. The van der Waals surface area contributed by atoms with E-state index in [1.807, 2.05) is 0 Å². The molecule has 0 aliphatic rings. The molecule has 1 N–H and O–H groups in total. The highest BCUT2D eigenvalue weighted by Gasteiger charge is 2.22. The number of sulfonamides is 1. The summed E-state index contributed by atoms with van der Waals surface area (Å²) in [6.07, 6.45) is 3.48. The number of aromatic amines is 1. The molecular weight excluding hydrogens is 254 g/mol. The zero-order valence-corrected chi connectivity index (χ0v) is 10.5. The van der Waals surface area contributed by atoms with Crippen LogP contribution in [0.5, 0.6) is 0 Å². The van der Waals surface area contributed by atoms with Gasteiger partial charge in [-0.05, 0) is 0 Å². The van der Waals surface area contributed by atoms with E-state index in [1.165, 1.54) is 19.6 Å². The van der Waals surface area contributed by atoms with E-state index in [9.17, 15) is 16.8 Å². The molecular formula is C7H13N3O4S2. The molecule has 0 radical (unpaired) electrons. The number of aromatic nitrogens is 2. The van der Waals surface area contributed by atoms with E-state index in [1.54, 1.807) is 0 Å². The van der Waals surface area contributed by atoms with Crippen LogP contribution in [0, 0.1) is 0 Å². The summed E-state index contributed by atoms with van der Waals surface area (Å²) in [4.78, 5) is 6.07. The van der Waals surface area contributed by atoms with E-state index in [0.717, 1.165) is 10.6 Å². The van der Waals surface area contributed by atoms with Crippen molar-refractivity contribution in [1.82, 2.24) is 14.3 Å². The van der Waals surface area contributed by atoms with Crippen LogP contribution in [0.25, 0.3) is 0 Å². The molecule has 0 aromatic carbocycles. The molecule has 0 spiro atoms. The Balaban J connectivity index is 2.79. The maximum absolute atomic E-state index is 11.8. The van der Waals surface area contributed by atoms with Crippen LogP contribution in [0.2, 0.25) is 0 Å². The summed E-state index contributed by atoms with van der Waals surface area (Å²) in [5, 5.41) is -0.0523. The number of nitrogens with one attached hydrogen (secondary N) is 1. The molecule has 0 fully saturated rings. The normalized spacial score (nSPS) is 13.2. The molecule has 9 heteroatoms. The lowest BCUT2D eigenvalue weighted by Gasteiger charge is -2.14. The van der Waals surface area contributed by atoms with E-state index < -0.39 is 19.9 Å². The Labute approximate surface area is 94.5 Å². The maximum atomic E-state index is 11.8. The van der Waals surface area contributed by atoms with Crippen molar-refractivity contribution in [1.29, 1.82) is 0 Å². The van der Waals surface area contributed by atoms with Gasteiger partial charge in [0.2, 0.25) is 0 Å². The number of H-pyrrole nitrogens is 1.